The maximum atomic E-state index is 5.63. The molecule has 0 aliphatic heterocycles. The van der Waals surface area contributed by atoms with Crippen molar-refractivity contribution in [3.63, 3.8) is 0 Å². The Kier molecular flexibility index (Phi) is 8.15. The fourth-order valence-corrected chi connectivity index (χ4v) is 2.98. The number of halogens is 2. The number of hydrogen-bond donors (Lipinski definition) is 0. The second kappa shape index (κ2) is 9.12. The Morgan fingerprint density at radius 2 is 2.00 bits per heavy atom. The van der Waals surface area contributed by atoms with Gasteiger partial charge in [0.15, 0.2) is 0 Å². The zero-order valence-electron chi connectivity index (χ0n) is 10.3. The first-order valence-corrected chi connectivity index (χ1v) is 8.09. The van der Waals surface area contributed by atoms with Gasteiger partial charge >= 0.3 is 0 Å². The molecule has 0 aliphatic rings. The first-order chi connectivity index (χ1) is 8.29. The van der Waals surface area contributed by atoms with Crippen LogP contribution < -0.4 is 0 Å². The van der Waals surface area contributed by atoms with Gasteiger partial charge in [-0.3, -0.25) is 0 Å². The monoisotopic (exact) mass is 362 g/mol. The van der Waals surface area contributed by atoms with Crippen molar-refractivity contribution in [3.05, 3.63) is 34.3 Å². The lowest BCUT2D eigenvalue weighted by Gasteiger charge is -2.16. The van der Waals surface area contributed by atoms with Crippen LogP contribution >= 0.6 is 31.9 Å². The first kappa shape index (κ1) is 15.2. The third-order valence-corrected chi connectivity index (χ3v) is 4.29. The minimum atomic E-state index is 0.521. The zero-order chi connectivity index (χ0) is 12.5. The molecule has 1 rings (SSSR count). The lowest BCUT2D eigenvalue weighted by molar-refractivity contribution is 0.125. The van der Waals surface area contributed by atoms with Crippen molar-refractivity contribution in [1.82, 2.24) is 0 Å². The molecule has 1 unspecified atom stereocenters. The third-order valence-electron chi connectivity index (χ3n) is 2.78. The molecule has 17 heavy (non-hydrogen) atoms. The molecule has 0 saturated carbocycles. The topological polar surface area (TPSA) is 9.23 Å². The number of ether oxygens (including phenoxy) is 1. The molecule has 0 saturated heterocycles. The summed E-state index contributed by atoms with van der Waals surface area (Å²) in [5, 5.41) is 0.979. The Morgan fingerprint density at radius 1 is 1.24 bits per heavy atom. The van der Waals surface area contributed by atoms with Gasteiger partial charge in [0, 0.05) is 23.0 Å². The molecule has 0 radical (unpaired) electrons. The molecule has 1 aromatic rings. The number of alkyl halides is 1. The van der Waals surface area contributed by atoms with Crippen molar-refractivity contribution in [2.45, 2.75) is 32.1 Å². The van der Waals surface area contributed by atoms with Crippen LogP contribution in [-0.4, -0.2) is 18.5 Å². The molecule has 1 aromatic carbocycles. The van der Waals surface area contributed by atoms with Gasteiger partial charge in [-0.25, -0.2) is 0 Å². The van der Waals surface area contributed by atoms with Gasteiger partial charge in [-0.1, -0.05) is 63.4 Å². The molecule has 0 amide bonds. The van der Waals surface area contributed by atoms with E-state index >= 15 is 0 Å². The van der Waals surface area contributed by atoms with Crippen LogP contribution in [-0.2, 0) is 4.74 Å². The van der Waals surface area contributed by atoms with E-state index in [2.05, 4.69) is 63.0 Å². The molecule has 0 aromatic heterocycles. The first-order valence-electron chi connectivity index (χ1n) is 6.17. The molecule has 0 spiro atoms. The van der Waals surface area contributed by atoms with E-state index in [1.54, 1.807) is 0 Å². The van der Waals surface area contributed by atoms with Gasteiger partial charge in [-0.15, -0.1) is 0 Å². The third kappa shape index (κ3) is 5.54. The highest BCUT2D eigenvalue weighted by Gasteiger charge is 2.12. The zero-order valence-corrected chi connectivity index (χ0v) is 13.5. The van der Waals surface area contributed by atoms with E-state index < -0.39 is 0 Å². The summed E-state index contributed by atoms with van der Waals surface area (Å²) < 4.78 is 6.82. The van der Waals surface area contributed by atoms with E-state index in [-0.39, 0.29) is 0 Å². The van der Waals surface area contributed by atoms with Crippen LogP contribution in [0.4, 0.5) is 0 Å². The summed E-state index contributed by atoms with van der Waals surface area (Å²) >= 11 is 7.20. The van der Waals surface area contributed by atoms with Crippen LogP contribution in [0, 0.1) is 0 Å². The molecule has 0 bridgehead atoms. The van der Waals surface area contributed by atoms with Crippen LogP contribution in [0.3, 0.4) is 0 Å². The van der Waals surface area contributed by atoms with Crippen LogP contribution in [0.5, 0.6) is 0 Å². The Labute approximate surface area is 121 Å². The van der Waals surface area contributed by atoms with Crippen molar-refractivity contribution in [2.75, 3.05) is 18.5 Å². The normalized spacial score (nSPS) is 12.6. The second-order valence-electron chi connectivity index (χ2n) is 4.13. The average Bonchev–Trinajstić information content (AvgIpc) is 2.35. The SMILES string of the molecule is CCCCOCCC(CBr)c1ccccc1Br. The Hall–Kier alpha value is 0.140. The molecule has 3 heteroatoms. The fourth-order valence-electron chi connectivity index (χ4n) is 1.70. The maximum absolute atomic E-state index is 5.63. The smallest absolute Gasteiger partial charge is 0.0472 e. The van der Waals surface area contributed by atoms with E-state index in [1.165, 1.54) is 16.5 Å². The van der Waals surface area contributed by atoms with Crippen molar-refractivity contribution < 1.29 is 4.74 Å². The van der Waals surface area contributed by atoms with E-state index in [9.17, 15) is 0 Å². The van der Waals surface area contributed by atoms with Gasteiger partial charge in [0.2, 0.25) is 0 Å². The van der Waals surface area contributed by atoms with Crippen LogP contribution in [0.1, 0.15) is 37.7 Å². The molecule has 0 aliphatic carbocycles. The van der Waals surface area contributed by atoms with E-state index in [0.717, 1.165) is 31.4 Å². The minimum Gasteiger partial charge on any atom is -0.381 e. The predicted octanol–water partition coefficient (Wildman–Crippen LogP) is 5.13. The van der Waals surface area contributed by atoms with Crippen LogP contribution in [0.15, 0.2) is 28.7 Å². The number of benzene rings is 1. The van der Waals surface area contributed by atoms with Gasteiger partial charge in [-0.05, 0) is 30.4 Å². The minimum absolute atomic E-state index is 0.521. The summed E-state index contributed by atoms with van der Waals surface area (Å²) in [6.45, 7) is 3.92. The number of hydrogen-bond acceptors (Lipinski definition) is 1. The van der Waals surface area contributed by atoms with Gasteiger partial charge < -0.3 is 4.74 Å². The van der Waals surface area contributed by atoms with Crippen LogP contribution in [0.2, 0.25) is 0 Å². The molecular weight excluding hydrogens is 344 g/mol. The predicted molar refractivity (Wildman–Crippen MR) is 81.0 cm³/mol. The van der Waals surface area contributed by atoms with Crippen molar-refractivity contribution >= 4 is 31.9 Å². The fraction of sp³-hybridized carbons (Fsp3) is 0.571. The lowest BCUT2D eigenvalue weighted by atomic mass is 9.98. The molecule has 0 N–H and O–H groups in total. The number of unbranched alkanes of at least 4 members (excludes halogenated alkanes) is 1. The maximum Gasteiger partial charge on any atom is 0.0472 e. The quantitative estimate of drug-likeness (QED) is 0.459. The van der Waals surface area contributed by atoms with Gasteiger partial charge in [-0.2, -0.15) is 0 Å². The van der Waals surface area contributed by atoms with Gasteiger partial charge in [0.05, 0.1) is 0 Å². The highest BCUT2D eigenvalue weighted by atomic mass is 79.9. The van der Waals surface area contributed by atoms with E-state index in [1.807, 2.05) is 0 Å². The second-order valence-corrected chi connectivity index (χ2v) is 5.63. The molecule has 1 nitrogen and oxygen atoms in total. The number of rotatable bonds is 8. The van der Waals surface area contributed by atoms with Crippen LogP contribution in [0.25, 0.3) is 0 Å². The summed E-state index contributed by atoms with van der Waals surface area (Å²) in [4.78, 5) is 0. The highest BCUT2D eigenvalue weighted by molar-refractivity contribution is 9.10. The van der Waals surface area contributed by atoms with Crippen molar-refractivity contribution in [3.8, 4) is 0 Å². The average molecular weight is 364 g/mol. The molecular formula is C14H20Br2O. The highest BCUT2D eigenvalue weighted by Crippen LogP contribution is 2.28. The molecule has 96 valence electrons. The molecule has 0 fully saturated rings. The van der Waals surface area contributed by atoms with Crippen molar-refractivity contribution in [2.24, 2.45) is 0 Å². The summed E-state index contributed by atoms with van der Waals surface area (Å²) in [5.41, 5.74) is 1.36. The summed E-state index contributed by atoms with van der Waals surface area (Å²) in [6.07, 6.45) is 3.43. The summed E-state index contributed by atoms with van der Waals surface area (Å²) in [7, 11) is 0. The Bertz CT molecular complexity index is 315. The Balaban J connectivity index is 2.41. The molecule has 0 heterocycles. The van der Waals surface area contributed by atoms with Gasteiger partial charge in [0.25, 0.3) is 0 Å². The largest absolute Gasteiger partial charge is 0.381 e. The van der Waals surface area contributed by atoms with Gasteiger partial charge in [0.1, 0.15) is 0 Å². The standard InChI is InChI=1S/C14H20Br2O/c1-2-3-9-17-10-8-12(11-15)13-6-4-5-7-14(13)16/h4-7,12H,2-3,8-11H2,1H3. The summed E-state index contributed by atoms with van der Waals surface area (Å²) in [5.74, 6) is 0.521. The lowest BCUT2D eigenvalue weighted by Crippen LogP contribution is -2.06. The van der Waals surface area contributed by atoms with E-state index in [0.29, 0.717) is 5.92 Å². The van der Waals surface area contributed by atoms with Crippen molar-refractivity contribution in [1.29, 1.82) is 0 Å². The van der Waals surface area contributed by atoms with E-state index in [4.69, 9.17) is 4.74 Å². The molecule has 1 atom stereocenters. The summed E-state index contributed by atoms with van der Waals surface area (Å²) in [6, 6.07) is 8.43. The Morgan fingerprint density at radius 3 is 2.65 bits per heavy atom.